The van der Waals surface area contributed by atoms with Gasteiger partial charge in [0.1, 0.15) is 12.3 Å². The van der Waals surface area contributed by atoms with Crippen molar-refractivity contribution in [1.82, 2.24) is 4.90 Å². The smallest absolute Gasteiger partial charge is 0.323 e. The van der Waals surface area contributed by atoms with Gasteiger partial charge in [0.2, 0.25) is 0 Å². The number of ether oxygens (including phenoxy) is 1. The summed E-state index contributed by atoms with van der Waals surface area (Å²) in [6.45, 7) is 5.08. The fourth-order valence-corrected chi connectivity index (χ4v) is 1.44. The van der Waals surface area contributed by atoms with Crippen LogP contribution in [0.5, 0.6) is 5.75 Å². The molecular formula is C14H17NO4. The third-order valence-electron chi connectivity index (χ3n) is 2.41. The maximum Gasteiger partial charge on any atom is 0.323 e. The van der Waals surface area contributed by atoms with Gasteiger partial charge in [-0.1, -0.05) is 23.8 Å². The van der Waals surface area contributed by atoms with Gasteiger partial charge in [-0.25, -0.2) is 0 Å². The zero-order valence-electron chi connectivity index (χ0n) is 10.8. The number of carbonyl (C=O) groups excluding carboxylic acids is 1. The van der Waals surface area contributed by atoms with Crippen LogP contribution in [0.3, 0.4) is 0 Å². The van der Waals surface area contributed by atoms with E-state index in [9.17, 15) is 9.59 Å². The predicted octanol–water partition coefficient (Wildman–Crippen LogP) is 1.47. The number of carbonyl (C=O) groups is 2. The van der Waals surface area contributed by atoms with Crippen LogP contribution in [0.2, 0.25) is 0 Å². The number of amides is 1. The third-order valence-corrected chi connectivity index (χ3v) is 2.41. The molecule has 0 aliphatic rings. The van der Waals surface area contributed by atoms with Crippen LogP contribution in [0.25, 0.3) is 0 Å². The highest BCUT2D eigenvalue weighted by Crippen LogP contribution is 2.11. The maximum atomic E-state index is 11.8. The first-order valence-corrected chi connectivity index (χ1v) is 5.83. The van der Waals surface area contributed by atoms with Crippen LogP contribution in [0, 0.1) is 6.92 Å². The summed E-state index contributed by atoms with van der Waals surface area (Å²) in [6.07, 6.45) is 1.48. The van der Waals surface area contributed by atoms with E-state index < -0.39 is 5.97 Å². The molecule has 1 aromatic rings. The van der Waals surface area contributed by atoms with Crippen LogP contribution in [0.4, 0.5) is 0 Å². The molecule has 1 amide bonds. The SMILES string of the molecule is C=CCN(CC(=O)O)C(=O)COc1ccc(C)cc1. The summed E-state index contributed by atoms with van der Waals surface area (Å²) in [7, 11) is 0. The Balaban J connectivity index is 2.54. The van der Waals surface area contributed by atoms with E-state index in [4.69, 9.17) is 9.84 Å². The van der Waals surface area contributed by atoms with E-state index in [1.807, 2.05) is 19.1 Å². The Bertz CT molecular complexity index is 453. The Hall–Kier alpha value is -2.30. The van der Waals surface area contributed by atoms with Crippen molar-refractivity contribution in [2.75, 3.05) is 19.7 Å². The Morgan fingerprint density at radius 1 is 1.37 bits per heavy atom. The van der Waals surface area contributed by atoms with Gasteiger partial charge < -0.3 is 14.7 Å². The standard InChI is InChI=1S/C14H17NO4/c1-3-8-15(9-14(17)18)13(16)10-19-12-6-4-11(2)5-7-12/h3-7H,1,8-10H2,2H3,(H,17,18). The van der Waals surface area contributed by atoms with Crippen LogP contribution in [0.1, 0.15) is 5.56 Å². The van der Waals surface area contributed by atoms with Gasteiger partial charge in [0, 0.05) is 6.54 Å². The number of aryl methyl sites for hydroxylation is 1. The lowest BCUT2D eigenvalue weighted by molar-refractivity contribution is -0.144. The van der Waals surface area contributed by atoms with Gasteiger partial charge in [-0.05, 0) is 19.1 Å². The molecule has 0 heterocycles. The highest BCUT2D eigenvalue weighted by Gasteiger charge is 2.15. The van der Waals surface area contributed by atoms with Crippen molar-refractivity contribution in [3.05, 3.63) is 42.5 Å². The lowest BCUT2D eigenvalue weighted by Gasteiger charge is -2.18. The van der Waals surface area contributed by atoms with E-state index in [0.29, 0.717) is 5.75 Å². The van der Waals surface area contributed by atoms with Crippen molar-refractivity contribution in [3.63, 3.8) is 0 Å². The predicted molar refractivity (Wildman–Crippen MR) is 71.1 cm³/mol. The molecule has 0 spiro atoms. The third kappa shape index (κ3) is 5.25. The molecule has 0 aromatic heterocycles. The van der Waals surface area contributed by atoms with E-state index in [1.165, 1.54) is 11.0 Å². The lowest BCUT2D eigenvalue weighted by Crippen LogP contribution is -2.38. The summed E-state index contributed by atoms with van der Waals surface area (Å²) in [5.41, 5.74) is 1.10. The molecule has 0 aliphatic heterocycles. The minimum absolute atomic E-state index is 0.183. The van der Waals surface area contributed by atoms with Crippen LogP contribution in [-0.4, -0.2) is 41.6 Å². The Morgan fingerprint density at radius 3 is 2.53 bits per heavy atom. The van der Waals surface area contributed by atoms with Crippen molar-refractivity contribution in [1.29, 1.82) is 0 Å². The molecule has 1 rings (SSSR count). The summed E-state index contributed by atoms with van der Waals surface area (Å²) in [5.74, 6) is -0.874. The molecule has 1 N–H and O–H groups in total. The zero-order valence-corrected chi connectivity index (χ0v) is 10.8. The van der Waals surface area contributed by atoms with E-state index >= 15 is 0 Å². The number of aliphatic carboxylic acids is 1. The van der Waals surface area contributed by atoms with Crippen LogP contribution < -0.4 is 4.74 Å². The zero-order chi connectivity index (χ0) is 14.3. The highest BCUT2D eigenvalue weighted by atomic mass is 16.5. The molecule has 0 unspecified atom stereocenters. The monoisotopic (exact) mass is 263 g/mol. The minimum atomic E-state index is -1.06. The fourth-order valence-electron chi connectivity index (χ4n) is 1.44. The first-order valence-electron chi connectivity index (χ1n) is 5.83. The Labute approximate surface area is 112 Å². The summed E-state index contributed by atoms with van der Waals surface area (Å²) in [6, 6.07) is 7.27. The maximum absolute atomic E-state index is 11.8. The summed E-state index contributed by atoms with van der Waals surface area (Å²) in [4.78, 5) is 23.6. The highest BCUT2D eigenvalue weighted by molar-refractivity contribution is 5.82. The topological polar surface area (TPSA) is 66.8 Å². The summed E-state index contributed by atoms with van der Waals surface area (Å²) >= 11 is 0. The van der Waals surface area contributed by atoms with Gasteiger partial charge in [-0.3, -0.25) is 9.59 Å². The number of hydrogen-bond donors (Lipinski definition) is 1. The van der Waals surface area contributed by atoms with E-state index in [1.54, 1.807) is 12.1 Å². The second-order valence-electron chi connectivity index (χ2n) is 4.06. The molecule has 0 saturated carbocycles. The average Bonchev–Trinajstić information content (AvgIpc) is 2.37. The normalized spacial score (nSPS) is 9.74. The summed E-state index contributed by atoms with van der Waals surface area (Å²) < 4.78 is 5.31. The van der Waals surface area contributed by atoms with E-state index in [0.717, 1.165) is 5.56 Å². The average molecular weight is 263 g/mol. The number of hydrogen-bond acceptors (Lipinski definition) is 3. The summed E-state index contributed by atoms with van der Waals surface area (Å²) in [5, 5.41) is 8.71. The molecule has 0 atom stereocenters. The van der Waals surface area contributed by atoms with E-state index in [2.05, 4.69) is 6.58 Å². The van der Waals surface area contributed by atoms with Crippen molar-refractivity contribution >= 4 is 11.9 Å². The second kappa shape index (κ2) is 7.20. The Morgan fingerprint density at radius 2 is 2.00 bits per heavy atom. The first kappa shape index (κ1) is 14.8. The number of carboxylic acid groups (broad SMARTS) is 1. The van der Waals surface area contributed by atoms with Crippen molar-refractivity contribution in [2.24, 2.45) is 0 Å². The van der Waals surface area contributed by atoms with Gasteiger partial charge in [0.05, 0.1) is 0 Å². The molecule has 0 bridgehead atoms. The molecule has 1 aromatic carbocycles. The number of benzene rings is 1. The molecule has 19 heavy (non-hydrogen) atoms. The molecule has 102 valence electrons. The molecule has 0 saturated heterocycles. The van der Waals surface area contributed by atoms with Crippen LogP contribution in [-0.2, 0) is 9.59 Å². The van der Waals surface area contributed by atoms with Crippen LogP contribution >= 0.6 is 0 Å². The van der Waals surface area contributed by atoms with Gasteiger partial charge in [0.25, 0.3) is 5.91 Å². The molecule has 5 heteroatoms. The Kier molecular flexibility index (Phi) is 5.60. The minimum Gasteiger partial charge on any atom is -0.484 e. The number of rotatable bonds is 7. The second-order valence-corrected chi connectivity index (χ2v) is 4.06. The van der Waals surface area contributed by atoms with Crippen LogP contribution in [0.15, 0.2) is 36.9 Å². The van der Waals surface area contributed by atoms with E-state index in [-0.39, 0.29) is 25.6 Å². The molecule has 5 nitrogen and oxygen atoms in total. The largest absolute Gasteiger partial charge is 0.484 e. The molecule has 0 aliphatic carbocycles. The quantitative estimate of drug-likeness (QED) is 0.756. The molecule has 0 radical (unpaired) electrons. The van der Waals surface area contributed by atoms with Gasteiger partial charge in [-0.2, -0.15) is 0 Å². The first-order chi connectivity index (χ1) is 9.02. The molecule has 0 fully saturated rings. The fraction of sp³-hybridized carbons (Fsp3) is 0.286. The van der Waals surface area contributed by atoms with Crippen molar-refractivity contribution < 1.29 is 19.4 Å². The molecular weight excluding hydrogens is 246 g/mol. The van der Waals surface area contributed by atoms with Gasteiger partial charge >= 0.3 is 5.97 Å². The van der Waals surface area contributed by atoms with Crippen molar-refractivity contribution in [3.8, 4) is 5.75 Å². The number of nitrogens with zero attached hydrogens (tertiary/aromatic N) is 1. The van der Waals surface area contributed by atoms with Gasteiger partial charge in [0.15, 0.2) is 6.61 Å². The lowest BCUT2D eigenvalue weighted by atomic mass is 10.2. The van der Waals surface area contributed by atoms with Gasteiger partial charge in [-0.15, -0.1) is 6.58 Å². The number of carboxylic acids is 1. The van der Waals surface area contributed by atoms with Crippen molar-refractivity contribution in [2.45, 2.75) is 6.92 Å².